The van der Waals surface area contributed by atoms with E-state index in [0.717, 1.165) is 0 Å². The van der Waals surface area contributed by atoms with Gasteiger partial charge >= 0.3 is 6.18 Å². The summed E-state index contributed by atoms with van der Waals surface area (Å²) in [6, 6.07) is 0. The van der Waals surface area contributed by atoms with Gasteiger partial charge in [-0.05, 0) is 12.3 Å². The molecule has 1 rings (SSSR count). The molecule has 1 fully saturated rings. The number of alkyl halides is 3. The van der Waals surface area contributed by atoms with Crippen molar-refractivity contribution in [2.75, 3.05) is 0 Å². The van der Waals surface area contributed by atoms with Crippen molar-refractivity contribution in [3.8, 4) is 0 Å². The highest BCUT2D eigenvalue weighted by molar-refractivity contribution is 5.03. The Kier molecular flexibility index (Phi) is 1.90. The lowest BCUT2D eigenvalue weighted by molar-refractivity contribution is -0.160. The van der Waals surface area contributed by atoms with Crippen LogP contribution in [0.4, 0.5) is 13.2 Å². The van der Waals surface area contributed by atoms with Gasteiger partial charge in [0.05, 0.1) is 12.0 Å². The normalized spacial score (nSPS) is 37.4. The van der Waals surface area contributed by atoms with E-state index in [-0.39, 0.29) is 5.92 Å². The molecule has 1 N–H and O–H groups in total. The van der Waals surface area contributed by atoms with Crippen molar-refractivity contribution in [3.63, 3.8) is 0 Å². The topological polar surface area (TPSA) is 20.2 Å². The Hall–Kier alpha value is -0.250. The molecule has 0 spiro atoms. The third-order valence-electron chi connectivity index (χ3n) is 2.20. The Balaban J connectivity index is 2.40. The second-order valence-corrected chi connectivity index (χ2v) is 3.20. The molecule has 0 saturated heterocycles. The molecule has 1 saturated carbocycles. The molecule has 0 heterocycles. The second kappa shape index (κ2) is 2.37. The van der Waals surface area contributed by atoms with E-state index in [1.807, 2.05) is 0 Å². The third kappa shape index (κ3) is 2.09. The lowest BCUT2D eigenvalue weighted by Gasteiger charge is -2.12. The van der Waals surface area contributed by atoms with Gasteiger partial charge in [0.25, 0.3) is 0 Å². The molecule has 2 atom stereocenters. The number of aliphatic hydroxyl groups is 1. The van der Waals surface area contributed by atoms with Crippen molar-refractivity contribution in [1.82, 2.24) is 0 Å². The SMILES string of the molecule is CCC1CC1(O)CC(F)(F)F. The van der Waals surface area contributed by atoms with Gasteiger partial charge < -0.3 is 5.11 Å². The van der Waals surface area contributed by atoms with Gasteiger partial charge in [-0.3, -0.25) is 0 Å². The largest absolute Gasteiger partial charge is 0.391 e. The molecule has 4 heteroatoms. The Morgan fingerprint density at radius 2 is 2.09 bits per heavy atom. The Morgan fingerprint density at radius 3 is 2.36 bits per heavy atom. The van der Waals surface area contributed by atoms with E-state index < -0.39 is 18.2 Å². The van der Waals surface area contributed by atoms with E-state index >= 15 is 0 Å². The quantitative estimate of drug-likeness (QED) is 0.669. The molecule has 0 aromatic carbocycles. The van der Waals surface area contributed by atoms with Crippen LogP contribution in [-0.2, 0) is 0 Å². The van der Waals surface area contributed by atoms with Crippen molar-refractivity contribution in [2.45, 2.75) is 38.0 Å². The molecule has 0 aromatic rings. The smallest absolute Gasteiger partial charge is 0.389 e. The number of hydrogen-bond donors (Lipinski definition) is 1. The van der Waals surface area contributed by atoms with Gasteiger partial charge in [0.2, 0.25) is 0 Å². The summed E-state index contributed by atoms with van der Waals surface area (Å²) >= 11 is 0. The second-order valence-electron chi connectivity index (χ2n) is 3.20. The van der Waals surface area contributed by atoms with Crippen molar-refractivity contribution in [1.29, 1.82) is 0 Å². The molecular formula is C7H11F3O. The predicted molar refractivity (Wildman–Crippen MR) is 34.0 cm³/mol. The van der Waals surface area contributed by atoms with Crippen LogP contribution in [0.15, 0.2) is 0 Å². The monoisotopic (exact) mass is 168 g/mol. The highest BCUT2D eigenvalue weighted by Gasteiger charge is 2.56. The highest BCUT2D eigenvalue weighted by Crippen LogP contribution is 2.51. The molecule has 0 aliphatic heterocycles. The van der Waals surface area contributed by atoms with Crippen LogP contribution in [0.3, 0.4) is 0 Å². The van der Waals surface area contributed by atoms with Crippen LogP contribution in [-0.4, -0.2) is 16.9 Å². The van der Waals surface area contributed by atoms with Gasteiger partial charge in [-0.1, -0.05) is 13.3 Å². The molecule has 0 bridgehead atoms. The average Bonchev–Trinajstić information content (AvgIpc) is 2.36. The van der Waals surface area contributed by atoms with E-state index in [2.05, 4.69) is 0 Å². The first-order valence-corrected chi connectivity index (χ1v) is 3.66. The summed E-state index contributed by atoms with van der Waals surface area (Å²) in [5, 5.41) is 9.20. The summed E-state index contributed by atoms with van der Waals surface area (Å²) < 4.78 is 35.2. The molecular weight excluding hydrogens is 157 g/mol. The van der Waals surface area contributed by atoms with Crippen LogP contribution in [0.5, 0.6) is 0 Å². The van der Waals surface area contributed by atoms with E-state index in [4.69, 9.17) is 0 Å². The first kappa shape index (κ1) is 8.84. The van der Waals surface area contributed by atoms with Crippen molar-refractivity contribution >= 4 is 0 Å². The molecule has 2 unspecified atom stereocenters. The number of halogens is 3. The highest BCUT2D eigenvalue weighted by atomic mass is 19.4. The van der Waals surface area contributed by atoms with Gasteiger partial charge in [-0.15, -0.1) is 0 Å². The van der Waals surface area contributed by atoms with Gasteiger partial charge in [-0.25, -0.2) is 0 Å². The number of rotatable bonds is 2. The molecule has 11 heavy (non-hydrogen) atoms. The van der Waals surface area contributed by atoms with E-state index in [1.165, 1.54) is 0 Å². The zero-order chi connectivity index (χ0) is 8.70. The molecule has 1 aliphatic carbocycles. The van der Waals surface area contributed by atoms with Gasteiger partial charge in [-0.2, -0.15) is 13.2 Å². The minimum absolute atomic E-state index is 0.135. The standard InChI is InChI=1S/C7H11F3O/c1-2-5-3-6(5,11)4-7(8,9)10/h5,11H,2-4H2,1H3. The van der Waals surface area contributed by atoms with Gasteiger partial charge in [0.15, 0.2) is 0 Å². The maximum absolute atomic E-state index is 11.7. The first-order valence-electron chi connectivity index (χ1n) is 3.66. The molecule has 0 aromatic heterocycles. The predicted octanol–water partition coefficient (Wildman–Crippen LogP) is 2.10. The minimum atomic E-state index is -4.22. The summed E-state index contributed by atoms with van der Waals surface area (Å²) in [7, 11) is 0. The summed E-state index contributed by atoms with van der Waals surface area (Å²) in [6.45, 7) is 1.79. The summed E-state index contributed by atoms with van der Waals surface area (Å²) in [5.74, 6) is -0.135. The van der Waals surface area contributed by atoms with Crippen LogP contribution < -0.4 is 0 Å². The lowest BCUT2D eigenvalue weighted by Crippen LogP contribution is -2.22. The van der Waals surface area contributed by atoms with Crippen LogP contribution in [0, 0.1) is 5.92 Å². The van der Waals surface area contributed by atoms with Crippen LogP contribution in [0.25, 0.3) is 0 Å². The van der Waals surface area contributed by atoms with Crippen molar-refractivity contribution in [2.24, 2.45) is 5.92 Å². The molecule has 0 amide bonds. The average molecular weight is 168 g/mol. The summed E-state index contributed by atoms with van der Waals surface area (Å²) in [6.07, 6.45) is -4.33. The molecule has 0 radical (unpaired) electrons. The van der Waals surface area contributed by atoms with Crippen molar-refractivity contribution in [3.05, 3.63) is 0 Å². The summed E-state index contributed by atoms with van der Waals surface area (Å²) in [4.78, 5) is 0. The Bertz CT molecular complexity index is 154. The molecule has 66 valence electrons. The van der Waals surface area contributed by atoms with E-state index in [1.54, 1.807) is 6.92 Å². The fourth-order valence-electron chi connectivity index (χ4n) is 1.46. The minimum Gasteiger partial charge on any atom is -0.389 e. The van der Waals surface area contributed by atoms with Crippen LogP contribution in [0.1, 0.15) is 26.2 Å². The van der Waals surface area contributed by atoms with E-state index in [0.29, 0.717) is 12.8 Å². The van der Waals surface area contributed by atoms with Gasteiger partial charge in [0.1, 0.15) is 0 Å². The first-order chi connectivity index (χ1) is 4.87. The lowest BCUT2D eigenvalue weighted by atomic mass is 10.1. The maximum atomic E-state index is 11.7. The zero-order valence-corrected chi connectivity index (χ0v) is 6.28. The van der Waals surface area contributed by atoms with E-state index in [9.17, 15) is 18.3 Å². The van der Waals surface area contributed by atoms with Crippen LogP contribution in [0.2, 0.25) is 0 Å². The summed E-state index contributed by atoms with van der Waals surface area (Å²) in [5.41, 5.74) is -1.42. The Morgan fingerprint density at radius 1 is 1.55 bits per heavy atom. The van der Waals surface area contributed by atoms with Gasteiger partial charge in [0, 0.05) is 0 Å². The zero-order valence-electron chi connectivity index (χ0n) is 6.28. The molecule has 1 nitrogen and oxygen atoms in total. The fourth-order valence-corrected chi connectivity index (χ4v) is 1.46. The third-order valence-corrected chi connectivity index (χ3v) is 2.20. The van der Waals surface area contributed by atoms with Crippen LogP contribution >= 0.6 is 0 Å². The maximum Gasteiger partial charge on any atom is 0.391 e. The fraction of sp³-hybridized carbons (Fsp3) is 1.00. The number of hydrogen-bond acceptors (Lipinski definition) is 1. The van der Waals surface area contributed by atoms with Crippen molar-refractivity contribution < 1.29 is 18.3 Å². The Labute approximate surface area is 63.2 Å². The molecule has 1 aliphatic rings.